The molecule has 0 aliphatic carbocycles. The van der Waals surface area contributed by atoms with Gasteiger partial charge in [0.1, 0.15) is 5.75 Å². The summed E-state index contributed by atoms with van der Waals surface area (Å²) in [7, 11) is 0. The summed E-state index contributed by atoms with van der Waals surface area (Å²) < 4.78 is 0. The summed E-state index contributed by atoms with van der Waals surface area (Å²) >= 11 is 0. The van der Waals surface area contributed by atoms with Crippen LogP contribution in [0.4, 0.5) is 0 Å². The maximum Gasteiger partial charge on any atom is 0.115 e. The summed E-state index contributed by atoms with van der Waals surface area (Å²) in [6.07, 6.45) is 0. The number of benzene rings is 1. The largest absolute Gasteiger partial charge is 0.508 e. The van der Waals surface area contributed by atoms with Crippen molar-refractivity contribution in [2.75, 3.05) is 0 Å². The Kier molecular flexibility index (Phi) is 3.62. The van der Waals surface area contributed by atoms with Crippen molar-refractivity contribution in [3.8, 4) is 5.75 Å². The third-order valence-corrected chi connectivity index (χ3v) is 1.03. The van der Waals surface area contributed by atoms with E-state index in [1.54, 1.807) is 12.1 Å². The molecule has 0 saturated carbocycles. The van der Waals surface area contributed by atoms with Gasteiger partial charge in [0.2, 0.25) is 0 Å². The van der Waals surface area contributed by atoms with E-state index >= 15 is 0 Å². The van der Waals surface area contributed by atoms with E-state index in [1.165, 1.54) is 5.56 Å². The molecule has 1 rings (SSSR count). The Hall–Kier alpha value is -0.240. The van der Waals surface area contributed by atoms with Crippen LogP contribution in [0, 0.1) is 6.92 Å². The molecule has 1 aromatic carbocycles. The van der Waals surface area contributed by atoms with Gasteiger partial charge in [-0.25, -0.2) is 0 Å². The maximum absolute atomic E-state index is 8.76. The fourth-order valence-corrected chi connectivity index (χ4v) is 0.545. The van der Waals surface area contributed by atoms with Gasteiger partial charge in [0.05, 0.1) is 0 Å². The van der Waals surface area contributed by atoms with Crippen LogP contribution in [0.5, 0.6) is 5.75 Å². The van der Waals surface area contributed by atoms with Crippen molar-refractivity contribution < 1.29 is 27.5 Å². The normalized spacial score (nSPS) is 8.11. The predicted octanol–water partition coefficient (Wildman–Crippen LogP) is 1.70. The molecule has 0 aliphatic rings. The minimum Gasteiger partial charge on any atom is -0.508 e. The Morgan fingerprint density at radius 3 is 1.89 bits per heavy atom. The van der Waals surface area contributed by atoms with Crippen LogP contribution in [0.1, 0.15) is 5.56 Å². The molecule has 2 heteroatoms. The quantitative estimate of drug-likeness (QED) is 0.654. The van der Waals surface area contributed by atoms with E-state index in [9.17, 15) is 0 Å². The van der Waals surface area contributed by atoms with Crippen LogP contribution >= 0.6 is 0 Å². The van der Waals surface area contributed by atoms with E-state index in [0.717, 1.165) is 0 Å². The van der Waals surface area contributed by atoms with Gasteiger partial charge in [-0.1, -0.05) is 17.7 Å². The molecule has 1 radical (unpaired) electrons. The Balaban J connectivity index is 0.000000640. The molecule has 0 unspecified atom stereocenters. The van der Waals surface area contributed by atoms with E-state index < -0.39 is 0 Å². The monoisotopic (exact) mass is 215 g/mol. The third kappa shape index (κ3) is 2.70. The van der Waals surface area contributed by atoms with Crippen LogP contribution in [0.25, 0.3) is 0 Å². The van der Waals surface area contributed by atoms with Crippen molar-refractivity contribution in [3.63, 3.8) is 0 Å². The first-order valence-corrected chi connectivity index (χ1v) is 2.54. The van der Waals surface area contributed by atoms with Gasteiger partial charge in [-0.3, -0.25) is 0 Å². The van der Waals surface area contributed by atoms with Crippen molar-refractivity contribution in [2.24, 2.45) is 0 Å². The third-order valence-electron chi connectivity index (χ3n) is 1.03. The van der Waals surface area contributed by atoms with Gasteiger partial charge >= 0.3 is 0 Å². The van der Waals surface area contributed by atoms with Crippen LogP contribution in [0.15, 0.2) is 24.3 Å². The molecule has 1 aromatic rings. The van der Waals surface area contributed by atoms with Crippen molar-refractivity contribution in [2.45, 2.75) is 6.92 Å². The summed E-state index contributed by atoms with van der Waals surface area (Å²) in [4.78, 5) is 0. The minimum absolute atomic E-state index is 0. The van der Waals surface area contributed by atoms with Crippen LogP contribution in [-0.4, -0.2) is 5.11 Å². The van der Waals surface area contributed by atoms with Gasteiger partial charge in [0, 0.05) is 22.4 Å². The average molecular weight is 216 g/mol. The molecule has 0 atom stereocenters. The second-order valence-corrected chi connectivity index (χ2v) is 1.84. The Morgan fingerprint density at radius 2 is 1.56 bits per heavy atom. The van der Waals surface area contributed by atoms with Gasteiger partial charge in [0.15, 0.2) is 0 Å². The SMILES string of the molecule is Cc1ccc(O)cc1.[Ag]. The molecule has 0 aromatic heterocycles. The van der Waals surface area contributed by atoms with E-state index in [1.807, 2.05) is 19.1 Å². The number of hydrogen-bond acceptors (Lipinski definition) is 1. The van der Waals surface area contributed by atoms with Crippen molar-refractivity contribution >= 4 is 0 Å². The van der Waals surface area contributed by atoms with Crippen molar-refractivity contribution in [1.82, 2.24) is 0 Å². The fraction of sp³-hybridized carbons (Fsp3) is 0.143. The molecule has 0 spiro atoms. The second-order valence-electron chi connectivity index (χ2n) is 1.84. The maximum atomic E-state index is 8.76. The van der Waals surface area contributed by atoms with Crippen LogP contribution in [0.3, 0.4) is 0 Å². The smallest absolute Gasteiger partial charge is 0.115 e. The van der Waals surface area contributed by atoms with Crippen LogP contribution in [-0.2, 0) is 22.4 Å². The molecular formula is C7H8AgO. The standard InChI is InChI=1S/C7H8O.Ag/c1-6-2-4-7(8)5-3-6;/h2-5,8H,1H3;. The first-order chi connectivity index (χ1) is 3.79. The van der Waals surface area contributed by atoms with E-state index in [4.69, 9.17) is 5.11 Å². The van der Waals surface area contributed by atoms with Crippen molar-refractivity contribution in [1.29, 1.82) is 0 Å². The molecule has 0 saturated heterocycles. The summed E-state index contributed by atoms with van der Waals surface area (Å²) in [5.41, 5.74) is 1.17. The van der Waals surface area contributed by atoms with Gasteiger partial charge in [-0.15, -0.1) is 0 Å². The van der Waals surface area contributed by atoms with E-state index in [2.05, 4.69) is 0 Å². The molecule has 1 nitrogen and oxygen atoms in total. The topological polar surface area (TPSA) is 20.2 Å². The molecule has 0 fully saturated rings. The summed E-state index contributed by atoms with van der Waals surface area (Å²) in [5, 5.41) is 8.76. The van der Waals surface area contributed by atoms with Crippen molar-refractivity contribution in [3.05, 3.63) is 29.8 Å². The number of phenols is 1. The number of phenolic OH excluding ortho intramolecular Hbond substituents is 1. The second kappa shape index (κ2) is 3.72. The Morgan fingerprint density at radius 1 is 1.11 bits per heavy atom. The molecule has 0 heterocycles. The molecule has 9 heavy (non-hydrogen) atoms. The van der Waals surface area contributed by atoms with Crippen LogP contribution in [0.2, 0.25) is 0 Å². The van der Waals surface area contributed by atoms with Crippen LogP contribution < -0.4 is 0 Å². The molecular weight excluding hydrogens is 208 g/mol. The molecule has 0 aliphatic heterocycles. The van der Waals surface area contributed by atoms with E-state index in [-0.39, 0.29) is 22.4 Å². The van der Waals surface area contributed by atoms with Gasteiger partial charge in [0.25, 0.3) is 0 Å². The molecule has 0 bridgehead atoms. The first kappa shape index (κ1) is 8.76. The fourth-order valence-electron chi connectivity index (χ4n) is 0.545. The average Bonchev–Trinajstić information content (AvgIpc) is 1.77. The van der Waals surface area contributed by atoms with Gasteiger partial charge in [-0.2, -0.15) is 0 Å². The zero-order chi connectivity index (χ0) is 5.98. The Bertz CT molecular complexity index is 148. The number of rotatable bonds is 0. The van der Waals surface area contributed by atoms with E-state index in [0.29, 0.717) is 5.75 Å². The first-order valence-electron chi connectivity index (χ1n) is 2.54. The minimum atomic E-state index is 0. The Labute approximate surface area is 70.2 Å². The molecule has 53 valence electrons. The molecule has 0 amide bonds. The summed E-state index contributed by atoms with van der Waals surface area (Å²) in [6.45, 7) is 1.99. The zero-order valence-corrected chi connectivity index (χ0v) is 6.54. The predicted molar refractivity (Wildman–Crippen MR) is 32.8 cm³/mol. The molecule has 1 N–H and O–H groups in total. The van der Waals surface area contributed by atoms with Gasteiger partial charge in [-0.05, 0) is 19.1 Å². The summed E-state index contributed by atoms with van der Waals surface area (Å²) in [6, 6.07) is 7.09. The number of hydrogen-bond donors (Lipinski definition) is 1. The number of aryl methyl sites for hydroxylation is 1. The summed E-state index contributed by atoms with van der Waals surface area (Å²) in [5.74, 6) is 0.329. The zero-order valence-electron chi connectivity index (χ0n) is 5.06. The van der Waals surface area contributed by atoms with Gasteiger partial charge < -0.3 is 5.11 Å². The number of aromatic hydroxyl groups is 1.